The first kappa shape index (κ1) is 21.5. The van der Waals surface area contributed by atoms with Gasteiger partial charge in [0.1, 0.15) is 5.82 Å². The third kappa shape index (κ3) is 4.35. The zero-order chi connectivity index (χ0) is 22.1. The maximum atomic E-state index is 13.2. The van der Waals surface area contributed by atoms with Crippen LogP contribution in [0.4, 0.5) is 11.5 Å². The minimum Gasteiger partial charge on any atom is -0.368 e. The molecule has 0 saturated carbocycles. The van der Waals surface area contributed by atoms with E-state index >= 15 is 0 Å². The van der Waals surface area contributed by atoms with Crippen LogP contribution in [0, 0.1) is 5.92 Å². The van der Waals surface area contributed by atoms with E-state index in [2.05, 4.69) is 4.90 Å². The van der Waals surface area contributed by atoms with Crippen LogP contribution in [-0.2, 0) is 18.9 Å². The molecule has 31 heavy (non-hydrogen) atoms. The van der Waals surface area contributed by atoms with Gasteiger partial charge in [0.05, 0.1) is 5.92 Å². The zero-order valence-electron chi connectivity index (χ0n) is 18.0. The van der Waals surface area contributed by atoms with Gasteiger partial charge in [0.25, 0.3) is 5.56 Å². The van der Waals surface area contributed by atoms with Crippen molar-refractivity contribution < 1.29 is 4.79 Å². The van der Waals surface area contributed by atoms with E-state index in [9.17, 15) is 14.4 Å². The summed E-state index contributed by atoms with van der Waals surface area (Å²) in [7, 11) is 3.14. The Morgan fingerprint density at radius 3 is 2.29 bits per heavy atom. The molecule has 9 heteroatoms. The van der Waals surface area contributed by atoms with Gasteiger partial charge < -0.3 is 14.7 Å². The molecule has 0 spiro atoms. The van der Waals surface area contributed by atoms with Gasteiger partial charge in [-0.05, 0) is 37.1 Å². The molecule has 2 saturated heterocycles. The quantitative estimate of drug-likeness (QED) is 0.712. The Morgan fingerprint density at radius 1 is 0.935 bits per heavy atom. The Kier molecular flexibility index (Phi) is 6.09. The van der Waals surface area contributed by atoms with Gasteiger partial charge in [-0.2, -0.15) is 0 Å². The van der Waals surface area contributed by atoms with Crippen molar-refractivity contribution in [1.82, 2.24) is 14.0 Å². The summed E-state index contributed by atoms with van der Waals surface area (Å²) in [6.45, 7) is 4.19. The van der Waals surface area contributed by atoms with Gasteiger partial charge >= 0.3 is 5.69 Å². The second kappa shape index (κ2) is 8.78. The molecule has 1 aromatic heterocycles. The lowest BCUT2D eigenvalue weighted by Crippen LogP contribution is -2.53. The van der Waals surface area contributed by atoms with Gasteiger partial charge in [-0.3, -0.25) is 18.7 Å². The molecule has 2 aromatic rings. The SMILES string of the molecule is Cn1c(N2CCC[C@@H](C(=O)N3CCN(c4ccc(Cl)cc4)CC3)C2)cc(=O)n(C)c1=O. The molecule has 2 aliphatic rings. The number of carbonyl (C=O) groups is 1. The van der Waals surface area contributed by atoms with Crippen molar-refractivity contribution in [3.8, 4) is 0 Å². The van der Waals surface area contributed by atoms with Crippen molar-refractivity contribution in [2.45, 2.75) is 12.8 Å². The summed E-state index contributed by atoms with van der Waals surface area (Å²) >= 11 is 5.98. The Hall–Kier alpha value is -2.74. The monoisotopic (exact) mass is 445 g/mol. The van der Waals surface area contributed by atoms with E-state index in [1.807, 2.05) is 34.1 Å². The summed E-state index contributed by atoms with van der Waals surface area (Å²) in [5.41, 5.74) is 0.436. The maximum Gasteiger partial charge on any atom is 0.332 e. The number of hydrogen-bond donors (Lipinski definition) is 0. The van der Waals surface area contributed by atoms with E-state index in [0.717, 1.165) is 42.7 Å². The molecular formula is C22H28ClN5O3. The maximum absolute atomic E-state index is 13.2. The first-order valence-corrected chi connectivity index (χ1v) is 11.0. The van der Waals surface area contributed by atoms with Crippen molar-refractivity contribution in [1.29, 1.82) is 0 Å². The summed E-state index contributed by atoms with van der Waals surface area (Å²) < 4.78 is 2.58. The predicted molar refractivity (Wildman–Crippen MR) is 122 cm³/mol. The molecule has 0 bridgehead atoms. The van der Waals surface area contributed by atoms with Crippen molar-refractivity contribution in [2.75, 3.05) is 49.1 Å². The largest absolute Gasteiger partial charge is 0.368 e. The molecule has 1 amide bonds. The minimum absolute atomic E-state index is 0.130. The summed E-state index contributed by atoms with van der Waals surface area (Å²) in [6, 6.07) is 9.27. The Bertz CT molecular complexity index is 1070. The Morgan fingerprint density at radius 2 is 1.61 bits per heavy atom. The van der Waals surface area contributed by atoms with Gasteiger partial charge in [0.15, 0.2) is 0 Å². The highest BCUT2D eigenvalue weighted by Crippen LogP contribution is 2.25. The number of rotatable bonds is 3. The van der Waals surface area contributed by atoms with E-state index in [1.165, 1.54) is 17.7 Å². The molecule has 3 heterocycles. The molecule has 0 radical (unpaired) electrons. The molecule has 0 N–H and O–H groups in total. The number of carbonyl (C=O) groups excluding carboxylic acids is 1. The topological polar surface area (TPSA) is 70.8 Å². The Labute approximate surface area is 186 Å². The van der Waals surface area contributed by atoms with Crippen molar-refractivity contribution in [3.05, 3.63) is 56.2 Å². The van der Waals surface area contributed by atoms with Gasteiger partial charge in [0, 0.05) is 70.1 Å². The molecule has 0 unspecified atom stereocenters. The van der Waals surface area contributed by atoms with Gasteiger partial charge in [-0.1, -0.05) is 11.6 Å². The number of amides is 1. The van der Waals surface area contributed by atoms with Crippen LogP contribution in [0.15, 0.2) is 39.9 Å². The van der Waals surface area contributed by atoms with E-state index in [1.54, 1.807) is 7.05 Å². The number of anilines is 2. The van der Waals surface area contributed by atoms with Gasteiger partial charge in [-0.25, -0.2) is 4.79 Å². The summed E-state index contributed by atoms with van der Waals surface area (Å²) in [5.74, 6) is 0.613. The Balaban J connectivity index is 1.41. The van der Waals surface area contributed by atoms with Crippen LogP contribution < -0.4 is 21.0 Å². The fraction of sp³-hybridized carbons (Fsp3) is 0.500. The molecule has 8 nitrogen and oxygen atoms in total. The van der Waals surface area contributed by atoms with Crippen LogP contribution in [0.3, 0.4) is 0 Å². The molecule has 4 rings (SSSR count). The normalized spacial score (nSPS) is 19.6. The lowest BCUT2D eigenvalue weighted by atomic mass is 9.96. The van der Waals surface area contributed by atoms with Crippen LogP contribution in [0.1, 0.15) is 12.8 Å². The fourth-order valence-corrected chi connectivity index (χ4v) is 4.63. The third-order valence-electron chi connectivity index (χ3n) is 6.38. The van der Waals surface area contributed by atoms with Crippen LogP contribution in [-0.4, -0.2) is 59.2 Å². The van der Waals surface area contributed by atoms with E-state index in [0.29, 0.717) is 30.5 Å². The molecule has 2 fully saturated rings. The smallest absolute Gasteiger partial charge is 0.332 e. The molecule has 0 aliphatic carbocycles. The van der Waals surface area contributed by atoms with Crippen LogP contribution >= 0.6 is 11.6 Å². The standard InChI is InChI=1S/C22H28ClN5O3/c1-24-19(14-20(29)25(2)22(24)31)28-9-3-4-16(15-28)21(30)27-12-10-26(11-13-27)18-7-5-17(23)6-8-18/h5-8,14,16H,3-4,9-13,15H2,1-2H3/t16-/m1/s1. The first-order chi connectivity index (χ1) is 14.8. The van der Waals surface area contributed by atoms with Crippen LogP contribution in [0.25, 0.3) is 0 Å². The highest BCUT2D eigenvalue weighted by molar-refractivity contribution is 6.30. The van der Waals surface area contributed by atoms with Crippen LogP contribution in [0.2, 0.25) is 5.02 Å². The van der Waals surface area contributed by atoms with Crippen molar-refractivity contribution in [3.63, 3.8) is 0 Å². The summed E-state index contributed by atoms with van der Waals surface area (Å²) in [6.07, 6.45) is 1.68. The fourth-order valence-electron chi connectivity index (χ4n) is 4.51. The van der Waals surface area contributed by atoms with E-state index in [4.69, 9.17) is 11.6 Å². The lowest BCUT2D eigenvalue weighted by Gasteiger charge is -2.40. The number of hydrogen-bond acceptors (Lipinski definition) is 5. The number of benzene rings is 1. The molecule has 166 valence electrons. The molecular weight excluding hydrogens is 418 g/mol. The third-order valence-corrected chi connectivity index (χ3v) is 6.63. The lowest BCUT2D eigenvalue weighted by molar-refractivity contribution is -0.136. The molecule has 1 aromatic carbocycles. The highest BCUT2D eigenvalue weighted by atomic mass is 35.5. The molecule has 2 aliphatic heterocycles. The average Bonchev–Trinajstić information content (AvgIpc) is 2.80. The number of aromatic nitrogens is 2. The predicted octanol–water partition coefficient (Wildman–Crippen LogP) is 1.30. The zero-order valence-corrected chi connectivity index (χ0v) is 18.7. The summed E-state index contributed by atoms with van der Waals surface area (Å²) in [4.78, 5) is 43.8. The average molecular weight is 446 g/mol. The molecule has 1 atom stereocenters. The van der Waals surface area contributed by atoms with Crippen molar-refractivity contribution in [2.24, 2.45) is 20.0 Å². The number of nitrogens with zero attached hydrogens (tertiary/aromatic N) is 5. The second-order valence-corrected chi connectivity index (χ2v) is 8.75. The number of piperazine rings is 1. The second-order valence-electron chi connectivity index (χ2n) is 8.32. The number of halogens is 1. The number of piperidine rings is 1. The summed E-state index contributed by atoms with van der Waals surface area (Å²) in [5, 5.41) is 0.716. The van der Waals surface area contributed by atoms with Crippen LogP contribution in [0.5, 0.6) is 0 Å². The highest BCUT2D eigenvalue weighted by Gasteiger charge is 2.32. The van der Waals surface area contributed by atoms with E-state index < -0.39 is 0 Å². The van der Waals surface area contributed by atoms with Gasteiger partial charge in [-0.15, -0.1) is 0 Å². The van der Waals surface area contributed by atoms with Crippen molar-refractivity contribution >= 4 is 29.0 Å². The van der Waals surface area contributed by atoms with E-state index in [-0.39, 0.29) is 23.1 Å². The van der Waals surface area contributed by atoms with Gasteiger partial charge in [0.2, 0.25) is 5.91 Å². The minimum atomic E-state index is -0.353. The first-order valence-electron chi connectivity index (χ1n) is 10.7.